The number of hydrogen-bond acceptors (Lipinski definition) is 2. The first-order valence-corrected chi connectivity index (χ1v) is 4.48. The molecule has 0 aromatic heterocycles. The SMILES string of the molecule is O=C1CCC(OCC2CC2)C1. The van der Waals surface area contributed by atoms with Crippen LogP contribution < -0.4 is 0 Å². The quantitative estimate of drug-likeness (QED) is 0.616. The van der Waals surface area contributed by atoms with E-state index in [1.165, 1.54) is 12.8 Å². The fraction of sp³-hybridized carbons (Fsp3) is 0.889. The van der Waals surface area contributed by atoms with Gasteiger partial charge >= 0.3 is 0 Å². The van der Waals surface area contributed by atoms with Gasteiger partial charge < -0.3 is 4.74 Å². The number of ether oxygens (including phenoxy) is 1. The lowest BCUT2D eigenvalue weighted by Crippen LogP contribution is -2.10. The van der Waals surface area contributed by atoms with Crippen LogP contribution in [0.3, 0.4) is 0 Å². The summed E-state index contributed by atoms with van der Waals surface area (Å²) in [7, 11) is 0. The highest BCUT2D eigenvalue weighted by Gasteiger charge is 2.26. The van der Waals surface area contributed by atoms with Crippen LogP contribution in [0, 0.1) is 5.92 Å². The maximum absolute atomic E-state index is 10.8. The molecule has 62 valence electrons. The van der Waals surface area contributed by atoms with Gasteiger partial charge in [0.05, 0.1) is 6.10 Å². The highest BCUT2D eigenvalue weighted by molar-refractivity contribution is 5.81. The Bertz CT molecular complexity index is 161. The van der Waals surface area contributed by atoms with Crippen molar-refractivity contribution in [1.29, 1.82) is 0 Å². The Morgan fingerprint density at radius 1 is 1.36 bits per heavy atom. The maximum atomic E-state index is 10.8. The first kappa shape index (κ1) is 7.29. The minimum absolute atomic E-state index is 0.267. The van der Waals surface area contributed by atoms with Crippen molar-refractivity contribution in [2.45, 2.75) is 38.2 Å². The van der Waals surface area contributed by atoms with Crippen LogP contribution in [0.25, 0.3) is 0 Å². The molecule has 0 heterocycles. The van der Waals surface area contributed by atoms with Gasteiger partial charge in [0.25, 0.3) is 0 Å². The van der Waals surface area contributed by atoms with Crippen molar-refractivity contribution < 1.29 is 9.53 Å². The lowest BCUT2D eigenvalue weighted by molar-refractivity contribution is -0.118. The van der Waals surface area contributed by atoms with Gasteiger partial charge in [0.2, 0.25) is 0 Å². The van der Waals surface area contributed by atoms with Gasteiger partial charge in [-0.25, -0.2) is 0 Å². The molecule has 0 radical (unpaired) electrons. The molecule has 1 atom stereocenters. The maximum Gasteiger partial charge on any atom is 0.135 e. The lowest BCUT2D eigenvalue weighted by atomic mass is 10.3. The molecule has 0 spiro atoms. The van der Waals surface area contributed by atoms with Crippen LogP contribution in [-0.2, 0) is 9.53 Å². The molecular weight excluding hydrogens is 140 g/mol. The minimum atomic E-state index is 0.267. The van der Waals surface area contributed by atoms with Crippen molar-refractivity contribution in [3.63, 3.8) is 0 Å². The highest BCUT2D eigenvalue weighted by atomic mass is 16.5. The normalized spacial score (nSPS) is 31.3. The number of carbonyl (C=O) groups is 1. The van der Waals surface area contributed by atoms with Crippen LogP contribution in [0.15, 0.2) is 0 Å². The van der Waals surface area contributed by atoms with Crippen molar-refractivity contribution in [3.05, 3.63) is 0 Å². The number of carbonyl (C=O) groups excluding carboxylic acids is 1. The predicted octanol–water partition coefficient (Wildman–Crippen LogP) is 1.53. The molecule has 2 aliphatic carbocycles. The molecule has 0 N–H and O–H groups in total. The molecule has 0 saturated heterocycles. The van der Waals surface area contributed by atoms with Gasteiger partial charge in [-0.1, -0.05) is 0 Å². The largest absolute Gasteiger partial charge is 0.377 e. The topological polar surface area (TPSA) is 26.3 Å². The van der Waals surface area contributed by atoms with E-state index in [0.29, 0.717) is 12.2 Å². The summed E-state index contributed by atoms with van der Waals surface area (Å²) in [6.07, 6.45) is 5.32. The monoisotopic (exact) mass is 154 g/mol. The van der Waals surface area contributed by atoms with Crippen LogP contribution in [0.2, 0.25) is 0 Å². The minimum Gasteiger partial charge on any atom is -0.377 e. The van der Waals surface area contributed by atoms with E-state index in [1.54, 1.807) is 0 Å². The Morgan fingerprint density at radius 3 is 2.73 bits per heavy atom. The van der Waals surface area contributed by atoms with E-state index < -0.39 is 0 Å². The highest BCUT2D eigenvalue weighted by Crippen LogP contribution is 2.30. The summed E-state index contributed by atoms with van der Waals surface area (Å²) in [5.74, 6) is 1.21. The van der Waals surface area contributed by atoms with Crippen molar-refractivity contribution in [2.24, 2.45) is 5.92 Å². The van der Waals surface area contributed by atoms with Gasteiger partial charge in [0.15, 0.2) is 0 Å². The Kier molecular flexibility index (Phi) is 1.95. The third-order valence-electron chi connectivity index (χ3n) is 2.47. The van der Waals surface area contributed by atoms with Gasteiger partial charge in [-0.05, 0) is 25.2 Å². The van der Waals surface area contributed by atoms with Gasteiger partial charge in [-0.3, -0.25) is 4.79 Å². The Hall–Kier alpha value is -0.370. The molecule has 2 heteroatoms. The summed E-state index contributed by atoms with van der Waals surface area (Å²) in [6, 6.07) is 0. The molecule has 11 heavy (non-hydrogen) atoms. The standard InChI is InChI=1S/C9H14O2/c10-8-3-4-9(5-8)11-6-7-1-2-7/h7,9H,1-6H2. The zero-order valence-corrected chi connectivity index (χ0v) is 6.71. The fourth-order valence-electron chi connectivity index (χ4n) is 1.48. The third kappa shape index (κ3) is 2.03. The third-order valence-corrected chi connectivity index (χ3v) is 2.47. The number of ketones is 1. The fourth-order valence-corrected chi connectivity index (χ4v) is 1.48. The molecule has 1 unspecified atom stereocenters. The van der Waals surface area contributed by atoms with E-state index in [-0.39, 0.29) is 6.10 Å². The molecule has 0 aromatic rings. The Labute approximate surface area is 66.9 Å². The molecular formula is C9H14O2. The van der Waals surface area contributed by atoms with E-state index in [9.17, 15) is 4.79 Å². The summed E-state index contributed by atoms with van der Waals surface area (Å²) in [4.78, 5) is 10.8. The molecule has 0 bridgehead atoms. The van der Waals surface area contributed by atoms with E-state index in [1.807, 2.05) is 0 Å². The lowest BCUT2D eigenvalue weighted by Gasteiger charge is -2.08. The van der Waals surface area contributed by atoms with Gasteiger partial charge in [0, 0.05) is 19.4 Å². The second-order valence-electron chi connectivity index (χ2n) is 3.68. The van der Waals surface area contributed by atoms with Gasteiger partial charge in [-0.2, -0.15) is 0 Å². The zero-order valence-electron chi connectivity index (χ0n) is 6.71. The van der Waals surface area contributed by atoms with Crippen molar-refractivity contribution in [1.82, 2.24) is 0 Å². The average Bonchev–Trinajstić information content (AvgIpc) is 2.72. The van der Waals surface area contributed by atoms with E-state index in [4.69, 9.17) is 4.74 Å². The molecule has 0 amide bonds. The molecule has 0 aliphatic heterocycles. The summed E-state index contributed by atoms with van der Waals surface area (Å²) in [5, 5.41) is 0. The van der Waals surface area contributed by atoms with Gasteiger partial charge in [0.1, 0.15) is 5.78 Å². The van der Waals surface area contributed by atoms with Crippen molar-refractivity contribution in [3.8, 4) is 0 Å². The average molecular weight is 154 g/mol. The molecule has 0 aromatic carbocycles. The second kappa shape index (κ2) is 2.94. The van der Waals surface area contributed by atoms with Gasteiger partial charge in [-0.15, -0.1) is 0 Å². The van der Waals surface area contributed by atoms with Crippen molar-refractivity contribution >= 4 is 5.78 Å². The Morgan fingerprint density at radius 2 is 2.18 bits per heavy atom. The first-order chi connectivity index (χ1) is 5.34. The van der Waals surface area contributed by atoms with Crippen molar-refractivity contribution in [2.75, 3.05) is 6.61 Å². The molecule has 2 fully saturated rings. The van der Waals surface area contributed by atoms with E-state index >= 15 is 0 Å². The summed E-state index contributed by atoms with van der Waals surface area (Å²) in [5.41, 5.74) is 0. The van der Waals surface area contributed by atoms with E-state index in [0.717, 1.165) is 25.4 Å². The van der Waals surface area contributed by atoms with Crippen LogP contribution in [0.5, 0.6) is 0 Å². The van der Waals surface area contributed by atoms with Crippen LogP contribution in [0.4, 0.5) is 0 Å². The first-order valence-electron chi connectivity index (χ1n) is 4.48. The molecule has 2 rings (SSSR count). The molecule has 2 saturated carbocycles. The number of hydrogen-bond donors (Lipinski definition) is 0. The predicted molar refractivity (Wildman–Crippen MR) is 41.3 cm³/mol. The summed E-state index contributed by atoms with van der Waals surface area (Å²) in [6.45, 7) is 0.901. The zero-order chi connectivity index (χ0) is 7.68. The van der Waals surface area contributed by atoms with Crippen LogP contribution in [-0.4, -0.2) is 18.5 Å². The molecule has 2 nitrogen and oxygen atoms in total. The molecule has 2 aliphatic rings. The Balaban J connectivity index is 1.65. The van der Waals surface area contributed by atoms with Crippen LogP contribution in [0.1, 0.15) is 32.1 Å². The smallest absolute Gasteiger partial charge is 0.135 e. The summed E-state index contributed by atoms with van der Waals surface area (Å²) < 4.78 is 5.58. The second-order valence-corrected chi connectivity index (χ2v) is 3.68. The summed E-state index contributed by atoms with van der Waals surface area (Å²) >= 11 is 0. The number of Topliss-reactive ketones (excluding diaryl/α,β-unsaturated/α-hetero) is 1. The number of rotatable bonds is 3. The van der Waals surface area contributed by atoms with E-state index in [2.05, 4.69) is 0 Å². The van der Waals surface area contributed by atoms with Crippen LogP contribution >= 0.6 is 0 Å².